The first kappa shape index (κ1) is 15.6. The predicted molar refractivity (Wildman–Crippen MR) is 104 cm³/mol. The van der Waals surface area contributed by atoms with Crippen molar-refractivity contribution in [3.63, 3.8) is 0 Å². The number of fused-ring (bicyclic) bond motifs is 2. The van der Waals surface area contributed by atoms with Gasteiger partial charge in [-0.15, -0.1) is 0 Å². The molecule has 3 heterocycles. The molecule has 3 heteroatoms. The van der Waals surface area contributed by atoms with Crippen molar-refractivity contribution in [2.75, 3.05) is 13.1 Å². The molecular formula is C23H22N2O. The zero-order valence-electron chi connectivity index (χ0n) is 14.7. The summed E-state index contributed by atoms with van der Waals surface area (Å²) in [6.45, 7) is 2.21. The number of ether oxygens (including phenoxy) is 1. The Morgan fingerprint density at radius 1 is 0.846 bits per heavy atom. The van der Waals surface area contributed by atoms with Crippen LogP contribution >= 0.6 is 0 Å². The molecule has 3 aromatic rings. The van der Waals surface area contributed by atoms with Gasteiger partial charge in [-0.2, -0.15) is 0 Å². The van der Waals surface area contributed by atoms with Gasteiger partial charge in [-0.05, 0) is 55.6 Å². The number of nitrogens with zero attached hydrogens (tertiary/aromatic N) is 1. The summed E-state index contributed by atoms with van der Waals surface area (Å²) in [7, 11) is 0. The molecule has 130 valence electrons. The van der Waals surface area contributed by atoms with E-state index in [0.717, 1.165) is 35.7 Å². The van der Waals surface area contributed by atoms with Crippen molar-refractivity contribution >= 4 is 0 Å². The summed E-state index contributed by atoms with van der Waals surface area (Å²) in [5.74, 6) is 3.07. The first-order valence-corrected chi connectivity index (χ1v) is 9.42. The Hall–Kier alpha value is -2.65. The molecule has 1 fully saturated rings. The fourth-order valence-electron chi connectivity index (χ4n) is 4.39. The van der Waals surface area contributed by atoms with E-state index >= 15 is 0 Å². The molecule has 1 atom stereocenters. The van der Waals surface area contributed by atoms with E-state index in [1.54, 1.807) is 0 Å². The van der Waals surface area contributed by atoms with E-state index in [1.807, 2.05) is 18.5 Å². The lowest BCUT2D eigenvalue weighted by atomic mass is 9.74. The molecule has 5 rings (SSSR count). The second-order valence-corrected chi connectivity index (χ2v) is 7.20. The number of piperidine rings is 1. The van der Waals surface area contributed by atoms with Crippen molar-refractivity contribution in [1.82, 2.24) is 10.3 Å². The lowest BCUT2D eigenvalue weighted by Crippen LogP contribution is -2.32. The first-order chi connectivity index (χ1) is 12.9. The number of hydrogen-bond donors (Lipinski definition) is 1. The van der Waals surface area contributed by atoms with Crippen LogP contribution in [0.3, 0.4) is 0 Å². The Morgan fingerprint density at radius 3 is 2.54 bits per heavy atom. The minimum absolute atomic E-state index is 0.417. The second-order valence-electron chi connectivity index (χ2n) is 7.20. The molecule has 1 saturated heterocycles. The predicted octanol–water partition coefficient (Wildman–Crippen LogP) is 4.99. The number of para-hydroxylation sites is 1. The molecule has 26 heavy (non-hydrogen) atoms. The maximum Gasteiger partial charge on any atom is 0.131 e. The third-order valence-electron chi connectivity index (χ3n) is 5.67. The summed E-state index contributed by atoms with van der Waals surface area (Å²) < 4.78 is 6.32. The fourth-order valence-corrected chi connectivity index (χ4v) is 4.39. The largest absolute Gasteiger partial charge is 0.457 e. The Bertz CT molecular complexity index is 917. The first-order valence-electron chi connectivity index (χ1n) is 9.42. The molecule has 2 aliphatic heterocycles. The molecule has 1 unspecified atom stereocenters. The van der Waals surface area contributed by atoms with Gasteiger partial charge in [0.1, 0.15) is 11.5 Å². The van der Waals surface area contributed by atoms with Gasteiger partial charge in [0.2, 0.25) is 0 Å². The van der Waals surface area contributed by atoms with Crippen molar-refractivity contribution in [2.45, 2.75) is 18.8 Å². The quantitative estimate of drug-likeness (QED) is 0.713. The lowest BCUT2D eigenvalue weighted by Gasteiger charge is -2.36. The van der Waals surface area contributed by atoms with Gasteiger partial charge in [-0.3, -0.25) is 4.98 Å². The van der Waals surface area contributed by atoms with E-state index in [2.05, 4.69) is 58.8 Å². The fraction of sp³-hybridized carbons (Fsp3) is 0.261. The van der Waals surface area contributed by atoms with Crippen molar-refractivity contribution in [1.29, 1.82) is 0 Å². The zero-order valence-corrected chi connectivity index (χ0v) is 14.7. The van der Waals surface area contributed by atoms with Crippen LogP contribution in [0.4, 0.5) is 0 Å². The molecule has 0 radical (unpaired) electrons. The van der Waals surface area contributed by atoms with E-state index in [9.17, 15) is 0 Å². The molecule has 0 saturated carbocycles. The number of benzene rings is 2. The van der Waals surface area contributed by atoms with E-state index < -0.39 is 0 Å². The molecule has 0 bridgehead atoms. The number of pyridine rings is 1. The zero-order chi connectivity index (χ0) is 17.3. The van der Waals surface area contributed by atoms with Gasteiger partial charge in [0.05, 0.1) is 0 Å². The summed E-state index contributed by atoms with van der Waals surface area (Å²) in [6, 6.07) is 19.2. The molecule has 1 N–H and O–H groups in total. The Kier molecular flexibility index (Phi) is 3.95. The van der Waals surface area contributed by atoms with Gasteiger partial charge >= 0.3 is 0 Å². The monoisotopic (exact) mass is 342 g/mol. The maximum absolute atomic E-state index is 6.32. The highest BCUT2D eigenvalue weighted by molar-refractivity contribution is 5.67. The van der Waals surface area contributed by atoms with Crippen molar-refractivity contribution in [3.05, 3.63) is 78.1 Å². The average molecular weight is 342 g/mol. The number of aromatic nitrogens is 1. The molecule has 0 aliphatic carbocycles. The van der Waals surface area contributed by atoms with Crippen LogP contribution in [-0.2, 0) is 0 Å². The van der Waals surface area contributed by atoms with Crippen LogP contribution in [0.2, 0.25) is 0 Å². The highest BCUT2D eigenvalue weighted by atomic mass is 16.5. The van der Waals surface area contributed by atoms with Gasteiger partial charge in [0, 0.05) is 35.0 Å². The van der Waals surface area contributed by atoms with Crippen LogP contribution in [0.5, 0.6) is 11.5 Å². The third-order valence-corrected chi connectivity index (χ3v) is 5.67. The topological polar surface area (TPSA) is 34.1 Å². The number of nitrogens with one attached hydrogen (secondary N) is 1. The molecule has 0 spiro atoms. The number of hydrogen-bond acceptors (Lipinski definition) is 3. The second kappa shape index (κ2) is 6.58. The summed E-state index contributed by atoms with van der Waals surface area (Å²) >= 11 is 0. The molecule has 2 aliphatic rings. The van der Waals surface area contributed by atoms with Crippen molar-refractivity contribution in [2.24, 2.45) is 5.92 Å². The van der Waals surface area contributed by atoms with E-state index in [1.165, 1.54) is 24.0 Å². The normalized spacial score (nSPS) is 19.3. The smallest absolute Gasteiger partial charge is 0.131 e. The molecule has 2 aromatic carbocycles. The Balaban J connectivity index is 1.61. The van der Waals surface area contributed by atoms with Gasteiger partial charge < -0.3 is 10.1 Å². The van der Waals surface area contributed by atoms with Gasteiger partial charge in [-0.1, -0.05) is 36.4 Å². The van der Waals surface area contributed by atoms with E-state index in [-0.39, 0.29) is 0 Å². The summed E-state index contributed by atoms with van der Waals surface area (Å²) in [5.41, 5.74) is 4.93. The molecule has 3 nitrogen and oxygen atoms in total. The van der Waals surface area contributed by atoms with Crippen LogP contribution in [0.15, 0.2) is 67.0 Å². The highest BCUT2D eigenvalue weighted by Crippen LogP contribution is 2.50. The molecule has 0 amide bonds. The SMILES string of the molecule is c1cncc(-c2ccc3c(c2)Oc2ccccc2C3C2CCNCC2)c1. The minimum atomic E-state index is 0.417. The van der Waals surface area contributed by atoms with Crippen LogP contribution in [0.25, 0.3) is 11.1 Å². The van der Waals surface area contributed by atoms with E-state index in [4.69, 9.17) is 4.74 Å². The third kappa shape index (κ3) is 2.69. The summed E-state index contributed by atoms with van der Waals surface area (Å²) in [6.07, 6.45) is 6.14. The van der Waals surface area contributed by atoms with Crippen molar-refractivity contribution < 1.29 is 4.74 Å². The van der Waals surface area contributed by atoms with Crippen molar-refractivity contribution in [3.8, 4) is 22.6 Å². The maximum atomic E-state index is 6.32. The minimum Gasteiger partial charge on any atom is -0.457 e. The Morgan fingerprint density at radius 2 is 1.69 bits per heavy atom. The van der Waals surface area contributed by atoms with Gasteiger partial charge in [-0.25, -0.2) is 0 Å². The van der Waals surface area contributed by atoms with Gasteiger partial charge in [0.15, 0.2) is 0 Å². The highest BCUT2D eigenvalue weighted by Gasteiger charge is 2.34. The van der Waals surface area contributed by atoms with Crippen LogP contribution in [0.1, 0.15) is 29.9 Å². The number of rotatable bonds is 2. The van der Waals surface area contributed by atoms with Crippen LogP contribution < -0.4 is 10.1 Å². The average Bonchev–Trinajstić information content (AvgIpc) is 2.73. The Labute approximate surface area is 154 Å². The molecule has 1 aromatic heterocycles. The summed E-state index contributed by atoms with van der Waals surface area (Å²) in [5, 5.41) is 3.49. The standard InChI is InChI=1S/C23H22N2O/c1-2-6-21-19(5-1)23(16-9-12-24-13-10-16)20-8-7-17(14-22(20)26-21)18-4-3-11-25-15-18/h1-8,11,14-16,23-24H,9-10,12-13H2. The lowest BCUT2D eigenvalue weighted by molar-refractivity contribution is 0.322. The van der Waals surface area contributed by atoms with Crippen LogP contribution in [0, 0.1) is 5.92 Å². The van der Waals surface area contributed by atoms with Gasteiger partial charge in [0.25, 0.3) is 0 Å². The molecular weight excluding hydrogens is 320 g/mol. The van der Waals surface area contributed by atoms with E-state index in [0.29, 0.717) is 11.8 Å². The van der Waals surface area contributed by atoms with Crippen LogP contribution in [-0.4, -0.2) is 18.1 Å². The summed E-state index contributed by atoms with van der Waals surface area (Å²) in [4.78, 5) is 4.25.